The zero-order valence-corrected chi connectivity index (χ0v) is 82.7. The number of aromatic nitrogens is 3. The third-order valence-electron chi connectivity index (χ3n) is 32.0. The first kappa shape index (κ1) is 85.6. The second-order valence-electron chi connectivity index (χ2n) is 39.6. The number of nitrogens with zero attached hydrogens (tertiary/aromatic N) is 3. The Morgan fingerprint density at radius 3 is 0.757 bits per heavy atom. The molecular weight excluding hydrogens is 1840 g/mol. The summed E-state index contributed by atoms with van der Waals surface area (Å²) in [4.78, 5) is 15.2. The van der Waals surface area contributed by atoms with E-state index in [0.29, 0.717) is 0 Å². The van der Waals surface area contributed by atoms with Crippen molar-refractivity contribution in [3.8, 4) is 110 Å². The molecule has 0 radical (unpaired) electrons. The van der Waals surface area contributed by atoms with Crippen LogP contribution < -0.4 is 0 Å². The van der Waals surface area contributed by atoms with E-state index in [9.17, 15) is 0 Å². The average Bonchev–Trinajstić information content (AvgIpc) is 1.50. The Morgan fingerprint density at radius 1 is 0.149 bits per heavy atom. The van der Waals surface area contributed by atoms with Gasteiger partial charge in [0, 0.05) is 32.8 Å². The summed E-state index contributed by atoms with van der Waals surface area (Å²) in [7, 11) is 0. The maximum atomic E-state index is 5.09. The van der Waals surface area contributed by atoms with E-state index < -0.39 is 10.8 Å². The van der Waals surface area contributed by atoms with E-state index in [1.165, 1.54) is 234 Å². The number of fused-ring (bicyclic) bond motifs is 33. The highest BCUT2D eigenvalue weighted by molar-refractivity contribution is 7.23. The minimum atomic E-state index is -0.473. The van der Waals surface area contributed by atoms with Gasteiger partial charge in [0.1, 0.15) is 15.0 Å². The van der Waals surface area contributed by atoms with Crippen LogP contribution in [0.15, 0.2) is 528 Å². The molecule has 0 saturated carbocycles. The fourth-order valence-corrected chi connectivity index (χ4v) is 29.0. The van der Waals surface area contributed by atoms with Gasteiger partial charge in [-0.2, -0.15) is 0 Å². The molecule has 0 aliphatic heterocycles. The first-order valence-electron chi connectivity index (χ1n) is 50.9. The molecule has 4 aliphatic carbocycles. The molecule has 6 heteroatoms. The summed E-state index contributed by atoms with van der Waals surface area (Å²) in [5, 5.41) is 20.8. The first-order chi connectivity index (χ1) is 73.3. The van der Waals surface area contributed by atoms with Crippen molar-refractivity contribution >= 4 is 140 Å². The Labute approximate surface area is 868 Å². The molecule has 0 fully saturated rings. The third-order valence-corrected chi connectivity index (χ3v) is 35.4. The van der Waals surface area contributed by atoms with Gasteiger partial charge in [-0.05, 0) is 258 Å². The molecule has 32 rings (SSSR count). The highest BCUT2D eigenvalue weighted by Gasteiger charge is 2.53. The van der Waals surface area contributed by atoms with Crippen LogP contribution in [0.2, 0.25) is 0 Å². The van der Waals surface area contributed by atoms with E-state index in [0.717, 1.165) is 48.3 Å². The number of hydrogen-bond acceptors (Lipinski definition) is 6. The van der Waals surface area contributed by atoms with E-state index in [2.05, 4.69) is 528 Å². The highest BCUT2D eigenvalue weighted by Crippen LogP contribution is 2.65. The van der Waals surface area contributed by atoms with E-state index >= 15 is 0 Å². The normalized spacial score (nSPS) is 13.3. The molecule has 148 heavy (non-hydrogen) atoms. The zero-order chi connectivity index (χ0) is 97.3. The van der Waals surface area contributed by atoms with Gasteiger partial charge in [0.05, 0.1) is 46.9 Å². The third kappa shape index (κ3) is 13.0. The Morgan fingerprint density at radius 2 is 0.392 bits per heavy atom. The highest BCUT2D eigenvalue weighted by atomic mass is 32.1. The monoisotopic (exact) mass is 1930 g/mol. The SMILES string of the molecule is c1ccc(-c2nc3ccc4ccc5ccc(-c6ccc7c(c6)C(c6ccccc6)(c6ccccc6)c6ccc8ccccc8c6-7)cc5c4c3s2)cc1.c1ccc(-c2nc3ccc4ccc5ccc(-c6ccc7c(c6)C(c6ccccc6)(c6ccccc6)c6ccccc6-7)cc5c4c3s2)cc1.c1ccc(-c2nc3ccc4ccc5ccc(-c6ccc7c(c6)C6(c8ccccc8-c8ccccc86)c6ccccc6-7)cc5c4c3s2)cc1. The Hall–Kier alpha value is -18.0. The van der Waals surface area contributed by atoms with Crippen molar-refractivity contribution < 1.29 is 0 Å². The van der Waals surface area contributed by atoms with E-state index in [4.69, 9.17) is 15.0 Å². The molecule has 1 spiro atoms. The summed E-state index contributed by atoms with van der Waals surface area (Å²) in [6.45, 7) is 0. The lowest BCUT2D eigenvalue weighted by atomic mass is 9.67. The number of benzene rings is 25. The topological polar surface area (TPSA) is 38.7 Å². The number of thiazole rings is 3. The van der Waals surface area contributed by atoms with Crippen LogP contribution in [0.25, 0.3) is 216 Å². The maximum absolute atomic E-state index is 5.09. The van der Waals surface area contributed by atoms with Crippen molar-refractivity contribution in [3.05, 3.63) is 595 Å². The van der Waals surface area contributed by atoms with Crippen LogP contribution in [0.4, 0.5) is 0 Å². The minimum absolute atomic E-state index is 0.346. The van der Waals surface area contributed by atoms with Gasteiger partial charge < -0.3 is 0 Å². The van der Waals surface area contributed by atoms with Crippen LogP contribution in [0.5, 0.6) is 0 Å². The molecule has 0 saturated heterocycles. The van der Waals surface area contributed by atoms with Crippen LogP contribution in [0.1, 0.15) is 66.8 Å². The Bertz CT molecular complexity index is 9860. The van der Waals surface area contributed by atoms with Crippen LogP contribution in [-0.4, -0.2) is 15.0 Å². The van der Waals surface area contributed by atoms with Crippen molar-refractivity contribution in [2.24, 2.45) is 0 Å². The molecular formula is C142H87N3S3. The van der Waals surface area contributed by atoms with Gasteiger partial charge in [-0.1, -0.05) is 473 Å². The van der Waals surface area contributed by atoms with Crippen molar-refractivity contribution in [1.82, 2.24) is 15.0 Å². The molecule has 28 aromatic rings. The molecule has 0 atom stereocenters. The predicted octanol–water partition coefficient (Wildman–Crippen LogP) is 38.0. The van der Waals surface area contributed by atoms with Gasteiger partial charge in [0.2, 0.25) is 0 Å². The lowest BCUT2D eigenvalue weighted by Crippen LogP contribution is -2.28. The van der Waals surface area contributed by atoms with E-state index in [1.807, 2.05) is 0 Å². The molecule has 0 unspecified atom stereocenters. The molecule has 0 bridgehead atoms. The number of rotatable bonds is 10. The molecule has 25 aromatic carbocycles. The summed E-state index contributed by atoms with van der Waals surface area (Å²) in [6.07, 6.45) is 0. The standard InChI is InChI=1S/C50H31NS.C46H27NS.C46H29NS/c1-4-13-35(14-5-1)49-51-45-29-26-34-22-20-33-21-23-36(30-42(33)46(34)48(45)52-49)37-24-27-41-44(31-37)50(38-15-6-2-7-16-38,39-17-8-3-9-18-39)43-28-25-32-12-10-11-19-40(32)47(41)43;1-2-10-30(11-3-1)45-47-42-25-23-29-20-18-28-19-21-31(26-37(28)43(29)44(42)48-45)32-22-24-36-35-14-6-9-17-40(35)46(41(36)27-32)38-15-7-4-12-33(38)34-13-5-8-16-39(34)46;1-4-12-32(13-5-1)45-47-42-27-25-31-22-20-30-21-23-33(28-39(30)43(31)44(42)48-45)34-24-26-38-37-18-10-11-19-40(37)46(41(38)29-34,35-14-6-2-7-15-35)36-16-8-3-9-17-36/h1-31H;1-27H;1-29H. The molecule has 0 amide bonds. The molecule has 0 N–H and O–H groups in total. The molecule has 3 aromatic heterocycles. The second-order valence-corrected chi connectivity index (χ2v) is 42.6. The van der Waals surface area contributed by atoms with Crippen LogP contribution >= 0.6 is 34.0 Å². The van der Waals surface area contributed by atoms with Crippen molar-refractivity contribution in [3.63, 3.8) is 0 Å². The fraction of sp³-hybridized carbons (Fsp3) is 0.0211. The second kappa shape index (κ2) is 34.1. The number of hydrogen-bond donors (Lipinski definition) is 0. The smallest absolute Gasteiger partial charge is 0.124 e. The van der Waals surface area contributed by atoms with Crippen molar-refractivity contribution in [1.29, 1.82) is 0 Å². The largest absolute Gasteiger partial charge is 0.236 e. The van der Waals surface area contributed by atoms with E-state index in [1.54, 1.807) is 34.0 Å². The van der Waals surface area contributed by atoms with Crippen LogP contribution in [-0.2, 0) is 16.2 Å². The maximum Gasteiger partial charge on any atom is 0.124 e. The Balaban J connectivity index is 0.000000103. The summed E-state index contributed by atoms with van der Waals surface area (Å²) >= 11 is 5.37. The zero-order valence-electron chi connectivity index (χ0n) is 80.3. The lowest BCUT2D eigenvalue weighted by molar-refractivity contribution is 0.769. The Kier molecular flexibility index (Phi) is 19.7. The summed E-state index contributed by atoms with van der Waals surface area (Å²) < 4.78 is 3.73. The summed E-state index contributed by atoms with van der Waals surface area (Å²) in [6, 6.07) is 195. The van der Waals surface area contributed by atoms with Gasteiger partial charge in [-0.15, -0.1) is 34.0 Å². The van der Waals surface area contributed by atoms with Gasteiger partial charge in [0.25, 0.3) is 0 Å². The fourth-order valence-electron chi connectivity index (χ4n) is 25.6. The van der Waals surface area contributed by atoms with Crippen LogP contribution in [0, 0.1) is 0 Å². The van der Waals surface area contributed by atoms with Crippen molar-refractivity contribution in [2.75, 3.05) is 0 Å². The van der Waals surface area contributed by atoms with Gasteiger partial charge in [0.15, 0.2) is 0 Å². The summed E-state index contributed by atoms with van der Waals surface area (Å²) in [5.74, 6) is 0. The van der Waals surface area contributed by atoms with E-state index in [-0.39, 0.29) is 5.41 Å². The van der Waals surface area contributed by atoms with Crippen molar-refractivity contribution in [2.45, 2.75) is 16.2 Å². The minimum Gasteiger partial charge on any atom is -0.236 e. The quantitative estimate of drug-likeness (QED) is 0.128. The molecule has 4 aliphatic rings. The average molecular weight is 1930 g/mol. The van der Waals surface area contributed by atoms with Gasteiger partial charge in [-0.25, -0.2) is 15.0 Å². The van der Waals surface area contributed by atoms with Crippen LogP contribution in [0.3, 0.4) is 0 Å². The molecule has 688 valence electrons. The molecule has 3 heterocycles. The van der Waals surface area contributed by atoms with Gasteiger partial charge in [-0.3, -0.25) is 0 Å². The first-order valence-corrected chi connectivity index (χ1v) is 53.3. The molecule has 3 nitrogen and oxygen atoms in total. The lowest BCUT2D eigenvalue weighted by Gasteiger charge is -2.34. The predicted molar refractivity (Wildman–Crippen MR) is 625 cm³/mol. The van der Waals surface area contributed by atoms with Gasteiger partial charge >= 0.3 is 0 Å². The summed E-state index contributed by atoms with van der Waals surface area (Å²) in [5.41, 5.74) is 39.2.